The van der Waals surface area contributed by atoms with Crippen molar-refractivity contribution in [2.75, 3.05) is 32.7 Å². The van der Waals surface area contributed by atoms with Crippen LogP contribution >= 0.6 is 0 Å². The summed E-state index contributed by atoms with van der Waals surface area (Å²) in [5.41, 5.74) is 0.418. The van der Waals surface area contributed by atoms with Crippen molar-refractivity contribution in [3.8, 4) is 0 Å². The molecule has 7 heteroatoms. The summed E-state index contributed by atoms with van der Waals surface area (Å²) in [7, 11) is 0. The third-order valence-electron chi connectivity index (χ3n) is 6.90. The Balaban J connectivity index is 1.53. The van der Waals surface area contributed by atoms with Gasteiger partial charge >= 0.3 is 0 Å². The lowest BCUT2D eigenvalue weighted by Gasteiger charge is -2.38. The van der Waals surface area contributed by atoms with E-state index < -0.39 is 5.41 Å². The van der Waals surface area contributed by atoms with Crippen LogP contribution in [0.5, 0.6) is 0 Å². The highest BCUT2D eigenvalue weighted by Crippen LogP contribution is 2.40. The van der Waals surface area contributed by atoms with E-state index in [0.717, 1.165) is 24.3 Å². The summed E-state index contributed by atoms with van der Waals surface area (Å²) in [4.78, 5) is 49.9. The average Bonchev–Trinajstić information content (AvgIpc) is 3.08. The third-order valence-corrected chi connectivity index (χ3v) is 6.90. The van der Waals surface area contributed by atoms with Gasteiger partial charge in [0.15, 0.2) is 0 Å². The number of aromatic nitrogens is 1. The van der Waals surface area contributed by atoms with Crippen molar-refractivity contribution in [2.24, 2.45) is 0 Å². The van der Waals surface area contributed by atoms with E-state index in [1.807, 2.05) is 53.4 Å². The van der Waals surface area contributed by atoms with E-state index in [4.69, 9.17) is 0 Å². The van der Waals surface area contributed by atoms with Gasteiger partial charge in [0, 0.05) is 69.9 Å². The molecule has 2 aromatic rings. The first kappa shape index (κ1) is 23.1. The molecule has 33 heavy (non-hydrogen) atoms. The molecule has 1 aromatic heterocycles. The fraction of sp³-hybridized carbons (Fsp3) is 0.462. The number of benzene rings is 1. The summed E-state index contributed by atoms with van der Waals surface area (Å²) in [6, 6.07) is 15.4. The molecule has 2 saturated heterocycles. The summed E-state index contributed by atoms with van der Waals surface area (Å²) in [5.74, 6) is -0.559. The Kier molecular flexibility index (Phi) is 6.88. The van der Waals surface area contributed by atoms with Crippen molar-refractivity contribution in [1.29, 1.82) is 0 Å². The minimum atomic E-state index is -1.14. The Bertz CT molecular complexity index is 987. The molecular weight excluding hydrogens is 416 g/mol. The average molecular weight is 449 g/mol. The second-order valence-electron chi connectivity index (χ2n) is 9.23. The number of rotatable bonds is 7. The molecule has 1 atom stereocenters. The number of likely N-dealkylation sites (tertiary alicyclic amines) is 1. The van der Waals surface area contributed by atoms with E-state index >= 15 is 0 Å². The minimum absolute atomic E-state index is 0.0172. The lowest BCUT2D eigenvalue weighted by Crippen LogP contribution is -2.52. The summed E-state index contributed by atoms with van der Waals surface area (Å²) < 4.78 is 0. The van der Waals surface area contributed by atoms with E-state index in [1.165, 1.54) is 4.90 Å². The summed E-state index contributed by atoms with van der Waals surface area (Å²) >= 11 is 0. The molecular formula is C26H32N4O3. The van der Waals surface area contributed by atoms with Crippen LogP contribution in [0.15, 0.2) is 54.7 Å². The first-order valence-corrected chi connectivity index (χ1v) is 11.7. The molecule has 174 valence electrons. The molecule has 0 saturated carbocycles. The molecule has 0 bridgehead atoms. The molecule has 0 N–H and O–H groups in total. The SMILES string of the molecule is CC(C)N1CCN(C(=O)C[C@@]2(c3ccccc3)CC(=O)N(CCc3ccccn3)C2=O)CC1. The number of carbonyl (C=O) groups excluding carboxylic acids is 3. The Hall–Kier alpha value is -3.06. The van der Waals surface area contributed by atoms with Gasteiger partial charge in [0.1, 0.15) is 0 Å². The summed E-state index contributed by atoms with van der Waals surface area (Å²) in [5, 5.41) is 0. The number of piperazine rings is 1. The molecule has 4 rings (SSSR count). The van der Waals surface area contributed by atoms with Gasteiger partial charge in [-0.25, -0.2) is 0 Å². The van der Waals surface area contributed by atoms with Gasteiger partial charge in [-0.3, -0.25) is 29.2 Å². The highest BCUT2D eigenvalue weighted by atomic mass is 16.2. The van der Waals surface area contributed by atoms with Gasteiger partial charge in [-0.15, -0.1) is 0 Å². The minimum Gasteiger partial charge on any atom is -0.340 e. The van der Waals surface area contributed by atoms with Crippen molar-refractivity contribution in [3.05, 3.63) is 66.0 Å². The topological polar surface area (TPSA) is 73.8 Å². The first-order chi connectivity index (χ1) is 15.9. The highest BCUT2D eigenvalue weighted by Gasteiger charge is 2.54. The van der Waals surface area contributed by atoms with Gasteiger partial charge in [-0.05, 0) is 31.5 Å². The number of hydrogen-bond donors (Lipinski definition) is 0. The third kappa shape index (κ3) is 4.83. The van der Waals surface area contributed by atoms with E-state index in [-0.39, 0.29) is 37.1 Å². The van der Waals surface area contributed by atoms with E-state index in [1.54, 1.807) is 6.20 Å². The molecule has 2 fully saturated rings. The van der Waals surface area contributed by atoms with Crippen molar-refractivity contribution >= 4 is 17.7 Å². The van der Waals surface area contributed by atoms with Crippen molar-refractivity contribution < 1.29 is 14.4 Å². The standard InChI is InChI=1S/C26H32N4O3/c1-20(2)28-14-16-29(17-15-28)23(31)18-26(21-8-4-3-5-9-21)19-24(32)30(25(26)33)13-11-22-10-6-7-12-27-22/h3-10,12,20H,11,13-19H2,1-2H3/t26-/m0/s1. The van der Waals surface area contributed by atoms with Crippen LogP contribution < -0.4 is 0 Å². The van der Waals surface area contributed by atoms with Gasteiger partial charge < -0.3 is 4.90 Å². The lowest BCUT2D eigenvalue weighted by atomic mass is 9.75. The predicted molar refractivity (Wildman–Crippen MR) is 125 cm³/mol. The van der Waals surface area contributed by atoms with Gasteiger partial charge in [0.2, 0.25) is 17.7 Å². The zero-order chi connectivity index (χ0) is 23.4. The quantitative estimate of drug-likeness (QED) is 0.608. The van der Waals surface area contributed by atoms with Gasteiger partial charge in [-0.2, -0.15) is 0 Å². The molecule has 0 unspecified atom stereocenters. The van der Waals surface area contributed by atoms with Crippen LogP contribution in [0, 0.1) is 0 Å². The Labute approximate surface area is 195 Å². The molecule has 0 spiro atoms. The number of hydrogen-bond acceptors (Lipinski definition) is 5. The van der Waals surface area contributed by atoms with Gasteiger partial charge in [-0.1, -0.05) is 36.4 Å². The fourth-order valence-electron chi connectivity index (χ4n) is 4.88. The number of imide groups is 1. The van der Waals surface area contributed by atoms with E-state index in [9.17, 15) is 14.4 Å². The van der Waals surface area contributed by atoms with Gasteiger partial charge in [0.25, 0.3) is 0 Å². The largest absolute Gasteiger partial charge is 0.340 e. The normalized spacial score (nSPS) is 21.8. The highest BCUT2D eigenvalue weighted by molar-refractivity contribution is 6.10. The first-order valence-electron chi connectivity index (χ1n) is 11.7. The van der Waals surface area contributed by atoms with Crippen molar-refractivity contribution in [2.45, 2.75) is 44.6 Å². The maximum atomic E-state index is 13.7. The molecule has 2 aliphatic rings. The van der Waals surface area contributed by atoms with Crippen LogP contribution in [0.25, 0.3) is 0 Å². The number of amides is 3. The van der Waals surface area contributed by atoms with Crippen LogP contribution in [-0.2, 0) is 26.2 Å². The molecule has 0 aliphatic carbocycles. The molecule has 1 aromatic carbocycles. The molecule has 2 aliphatic heterocycles. The van der Waals surface area contributed by atoms with E-state index in [2.05, 4.69) is 23.7 Å². The summed E-state index contributed by atoms with van der Waals surface area (Å²) in [6.07, 6.45) is 2.24. The van der Waals surface area contributed by atoms with Crippen LogP contribution in [0.1, 0.15) is 37.9 Å². The molecule has 3 amide bonds. The molecule has 3 heterocycles. The lowest BCUT2D eigenvalue weighted by molar-refractivity contribution is -0.143. The maximum Gasteiger partial charge on any atom is 0.240 e. The van der Waals surface area contributed by atoms with Crippen LogP contribution in [-0.4, -0.2) is 76.2 Å². The van der Waals surface area contributed by atoms with Crippen molar-refractivity contribution in [1.82, 2.24) is 19.7 Å². The zero-order valence-corrected chi connectivity index (χ0v) is 19.4. The second kappa shape index (κ2) is 9.83. The Morgan fingerprint density at radius 3 is 2.33 bits per heavy atom. The predicted octanol–water partition coefficient (Wildman–Crippen LogP) is 2.26. The van der Waals surface area contributed by atoms with Crippen LogP contribution in [0.4, 0.5) is 0 Å². The zero-order valence-electron chi connectivity index (χ0n) is 19.4. The molecule has 7 nitrogen and oxygen atoms in total. The van der Waals surface area contributed by atoms with Crippen LogP contribution in [0.3, 0.4) is 0 Å². The van der Waals surface area contributed by atoms with Crippen molar-refractivity contribution in [3.63, 3.8) is 0 Å². The second-order valence-corrected chi connectivity index (χ2v) is 9.23. The maximum absolute atomic E-state index is 13.7. The fourth-order valence-corrected chi connectivity index (χ4v) is 4.88. The Morgan fingerprint density at radius 1 is 1.00 bits per heavy atom. The number of pyridine rings is 1. The summed E-state index contributed by atoms with van der Waals surface area (Å²) in [6.45, 7) is 7.52. The van der Waals surface area contributed by atoms with E-state index in [0.29, 0.717) is 25.6 Å². The van der Waals surface area contributed by atoms with Gasteiger partial charge in [0.05, 0.1) is 5.41 Å². The molecule has 0 radical (unpaired) electrons. The smallest absolute Gasteiger partial charge is 0.240 e. The monoisotopic (exact) mass is 448 g/mol. The van der Waals surface area contributed by atoms with Crippen LogP contribution in [0.2, 0.25) is 0 Å². The number of nitrogens with zero attached hydrogens (tertiary/aromatic N) is 4. The number of carbonyl (C=O) groups is 3. The Morgan fingerprint density at radius 2 is 1.70 bits per heavy atom.